The number of anilines is 1. The quantitative estimate of drug-likeness (QED) is 0.363. The van der Waals surface area contributed by atoms with Gasteiger partial charge in [-0.2, -0.15) is 0 Å². The molecule has 4 aliphatic heterocycles. The number of ether oxygens (including phenoxy) is 2. The van der Waals surface area contributed by atoms with E-state index in [1.807, 2.05) is 12.1 Å². The number of benzene rings is 1. The van der Waals surface area contributed by atoms with E-state index >= 15 is 0 Å². The number of methoxy groups -OCH3 is 1. The highest BCUT2D eigenvalue weighted by molar-refractivity contribution is 6.12. The SMILES string of the molecule is COCCOc1ccc(N2CCN(CCN3C(=O)N(C)N4C5=C(c6ccco6)N=CN(N)C5=NC34)CC2)cc1F. The van der Waals surface area contributed by atoms with Crippen LogP contribution in [0.3, 0.4) is 0 Å². The van der Waals surface area contributed by atoms with Gasteiger partial charge in [0.1, 0.15) is 24.3 Å². The summed E-state index contributed by atoms with van der Waals surface area (Å²) in [6, 6.07) is 8.49. The van der Waals surface area contributed by atoms with E-state index in [1.165, 1.54) is 17.4 Å². The van der Waals surface area contributed by atoms with E-state index in [-0.39, 0.29) is 17.6 Å². The third kappa shape index (κ3) is 4.63. The Labute approximate surface area is 231 Å². The van der Waals surface area contributed by atoms with Gasteiger partial charge < -0.3 is 18.8 Å². The molecule has 40 heavy (non-hydrogen) atoms. The van der Waals surface area contributed by atoms with E-state index in [4.69, 9.17) is 24.7 Å². The van der Waals surface area contributed by atoms with Gasteiger partial charge in [-0.15, -0.1) is 0 Å². The summed E-state index contributed by atoms with van der Waals surface area (Å²) in [6.07, 6.45) is 2.50. The minimum atomic E-state index is -0.561. The topological polar surface area (TPSA) is 119 Å². The second-order valence-electron chi connectivity index (χ2n) is 9.75. The highest BCUT2D eigenvalue weighted by Crippen LogP contribution is 2.38. The van der Waals surface area contributed by atoms with Crippen molar-refractivity contribution in [1.29, 1.82) is 0 Å². The number of rotatable bonds is 9. The average molecular weight is 554 g/mol. The molecule has 0 radical (unpaired) electrons. The molecule has 13 nitrogen and oxygen atoms in total. The van der Waals surface area contributed by atoms with Gasteiger partial charge >= 0.3 is 6.03 Å². The Kier molecular flexibility index (Phi) is 7.04. The largest absolute Gasteiger partial charge is 0.488 e. The van der Waals surface area contributed by atoms with E-state index in [9.17, 15) is 9.18 Å². The molecule has 0 spiro atoms. The highest BCUT2D eigenvalue weighted by atomic mass is 19.1. The molecule has 0 bridgehead atoms. The van der Waals surface area contributed by atoms with Crippen molar-refractivity contribution >= 4 is 29.6 Å². The maximum atomic E-state index is 14.5. The molecule has 4 aliphatic rings. The van der Waals surface area contributed by atoms with E-state index in [1.54, 1.807) is 47.5 Å². The van der Waals surface area contributed by atoms with Crippen molar-refractivity contribution in [3.63, 3.8) is 0 Å². The number of carbonyl (C=O) groups excluding carboxylic acids is 1. The van der Waals surface area contributed by atoms with Gasteiger partial charge in [0.25, 0.3) is 0 Å². The number of aliphatic imine (C=N–C) groups is 2. The summed E-state index contributed by atoms with van der Waals surface area (Å²) < 4.78 is 30.5. The Hall–Kier alpha value is -4.14. The van der Waals surface area contributed by atoms with E-state index < -0.39 is 6.29 Å². The van der Waals surface area contributed by atoms with E-state index in [2.05, 4.69) is 14.8 Å². The number of amides is 2. The predicted octanol–water partition coefficient (Wildman–Crippen LogP) is 1.43. The number of halogens is 1. The first kappa shape index (κ1) is 26.1. The first-order valence-corrected chi connectivity index (χ1v) is 13.1. The molecule has 5 heterocycles. The molecule has 6 rings (SSSR count). The Morgan fingerprint density at radius 2 is 1.98 bits per heavy atom. The monoisotopic (exact) mass is 553 g/mol. The zero-order valence-electron chi connectivity index (χ0n) is 22.4. The van der Waals surface area contributed by atoms with Gasteiger partial charge in [0.05, 0.1) is 12.9 Å². The molecule has 2 aromatic rings. The summed E-state index contributed by atoms with van der Waals surface area (Å²) in [7, 11) is 3.29. The summed E-state index contributed by atoms with van der Waals surface area (Å²) in [5.74, 6) is 7.08. The lowest BCUT2D eigenvalue weighted by Crippen LogP contribution is -2.49. The molecule has 14 heteroatoms. The van der Waals surface area contributed by atoms with Crippen molar-refractivity contribution in [3.05, 3.63) is 53.9 Å². The molecule has 2 amide bonds. The van der Waals surface area contributed by atoms with Crippen molar-refractivity contribution in [2.45, 2.75) is 6.29 Å². The molecule has 212 valence electrons. The third-order valence-electron chi connectivity index (χ3n) is 7.41. The summed E-state index contributed by atoms with van der Waals surface area (Å²) >= 11 is 0. The van der Waals surface area contributed by atoms with Crippen LogP contribution in [-0.4, -0.2) is 116 Å². The second kappa shape index (κ2) is 10.8. The number of carbonyl (C=O) groups is 1. The second-order valence-corrected chi connectivity index (χ2v) is 9.75. The molecule has 0 saturated carbocycles. The highest BCUT2D eigenvalue weighted by Gasteiger charge is 2.51. The number of hydrazine groups is 2. The molecule has 2 saturated heterocycles. The molecular formula is C26H32FN9O4. The minimum absolute atomic E-state index is 0.154. The smallest absolute Gasteiger partial charge is 0.341 e. The number of nitrogens with zero attached hydrogens (tertiary/aromatic N) is 8. The fourth-order valence-electron chi connectivity index (χ4n) is 5.29. The molecule has 0 aliphatic carbocycles. The fourth-order valence-corrected chi connectivity index (χ4v) is 5.29. The van der Waals surface area contributed by atoms with Gasteiger partial charge in [-0.3, -0.25) is 9.80 Å². The van der Waals surface area contributed by atoms with Gasteiger partial charge in [-0.05, 0) is 24.3 Å². The van der Waals surface area contributed by atoms with Crippen molar-refractivity contribution in [1.82, 2.24) is 24.8 Å². The Morgan fingerprint density at radius 3 is 2.70 bits per heavy atom. The van der Waals surface area contributed by atoms with Crippen molar-refractivity contribution in [3.8, 4) is 5.75 Å². The van der Waals surface area contributed by atoms with E-state index in [0.29, 0.717) is 49.3 Å². The van der Waals surface area contributed by atoms with Crippen molar-refractivity contribution < 1.29 is 23.1 Å². The van der Waals surface area contributed by atoms with Crippen LogP contribution in [0.2, 0.25) is 0 Å². The number of hydrogen-bond donors (Lipinski definition) is 1. The number of urea groups is 1. The predicted molar refractivity (Wildman–Crippen MR) is 145 cm³/mol. The van der Waals surface area contributed by atoms with Gasteiger partial charge in [-0.25, -0.2) is 40.0 Å². The van der Waals surface area contributed by atoms with Gasteiger partial charge in [-0.1, -0.05) is 0 Å². The minimum Gasteiger partial charge on any atom is -0.488 e. The van der Waals surface area contributed by atoms with Crippen LogP contribution in [0.15, 0.2) is 56.7 Å². The number of nitrogens with two attached hydrogens (primary N) is 1. The Morgan fingerprint density at radius 1 is 1.15 bits per heavy atom. The van der Waals surface area contributed by atoms with Crippen LogP contribution in [0, 0.1) is 5.82 Å². The lowest BCUT2D eigenvalue weighted by Gasteiger charge is -2.36. The Balaban J connectivity index is 1.08. The summed E-state index contributed by atoms with van der Waals surface area (Å²) in [6.45, 7) is 4.92. The first-order valence-electron chi connectivity index (χ1n) is 13.1. The molecular weight excluding hydrogens is 521 g/mol. The van der Waals surface area contributed by atoms with Crippen LogP contribution in [0.4, 0.5) is 14.9 Å². The number of furan rings is 1. The number of amidine groups is 1. The molecule has 2 N–H and O–H groups in total. The van der Waals surface area contributed by atoms with E-state index in [0.717, 1.165) is 31.9 Å². The van der Waals surface area contributed by atoms with Crippen LogP contribution in [0.1, 0.15) is 5.76 Å². The summed E-state index contributed by atoms with van der Waals surface area (Å²) in [5, 5.41) is 4.71. The maximum Gasteiger partial charge on any atom is 0.341 e. The molecule has 2 fully saturated rings. The molecule has 1 aromatic heterocycles. The zero-order valence-corrected chi connectivity index (χ0v) is 22.4. The number of fused-ring (bicyclic) bond motifs is 3. The molecule has 1 aromatic carbocycles. The average Bonchev–Trinajstić information content (AvgIpc) is 3.68. The third-order valence-corrected chi connectivity index (χ3v) is 7.41. The van der Waals surface area contributed by atoms with Crippen LogP contribution >= 0.6 is 0 Å². The Bertz CT molecular complexity index is 1340. The van der Waals surface area contributed by atoms with Gasteiger partial charge in [0.15, 0.2) is 23.2 Å². The van der Waals surface area contributed by atoms with Gasteiger partial charge in [0.2, 0.25) is 6.29 Å². The van der Waals surface area contributed by atoms with Crippen molar-refractivity contribution in [2.75, 3.05) is 71.5 Å². The van der Waals surface area contributed by atoms with Crippen LogP contribution in [0.25, 0.3) is 5.70 Å². The standard InChI is InChI=1S/C26H32FN9O4/c1-31-26(37)34(25-30-24-23(36(25)31)22(29-17-35(24)28)21-4-3-13-39-21)12-9-32-7-10-33(11-8-32)18-5-6-20(19(27)16-18)40-15-14-38-2/h3-6,13,16-17,25H,7-12,14-15,28H2,1-2H3. The number of piperazine rings is 1. The zero-order chi connectivity index (χ0) is 27.8. The summed E-state index contributed by atoms with van der Waals surface area (Å²) in [4.78, 5) is 28.7. The van der Waals surface area contributed by atoms with Gasteiger partial charge in [0, 0.05) is 65.2 Å². The van der Waals surface area contributed by atoms with Crippen LogP contribution < -0.4 is 15.5 Å². The van der Waals surface area contributed by atoms with Crippen molar-refractivity contribution in [2.24, 2.45) is 15.8 Å². The molecule has 1 atom stereocenters. The van der Waals surface area contributed by atoms with Crippen LogP contribution in [-0.2, 0) is 4.74 Å². The lowest BCUT2D eigenvalue weighted by atomic mass is 10.2. The summed E-state index contributed by atoms with van der Waals surface area (Å²) in [5.41, 5.74) is 2.01. The number of hydrogen-bond acceptors (Lipinski definition) is 11. The van der Waals surface area contributed by atoms with Crippen LogP contribution in [0.5, 0.6) is 5.75 Å². The normalized spacial score (nSPS) is 21.0. The first-order chi connectivity index (χ1) is 19.5. The fraction of sp³-hybridized carbons (Fsp3) is 0.423. The maximum absolute atomic E-state index is 14.5. The molecule has 1 unspecified atom stereocenters. The lowest BCUT2D eigenvalue weighted by molar-refractivity contribution is 0.0841.